The second-order valence-corrected chi connectivity index (χ2v) is 11.2. The molecule has 5 rings (SSSR count). The fourth-order valence-electron chi connectivity index (χ4n) is 5.37. The summed E-state index contributed by atoms with van der Waals surface area (Å²) in [5, 5.41) is 15.1. The highest BCUT2D eigenvalue weighted by Crippen LogP contribution is 2.24. The third-order valence-corrected chi connectivity index (χ3v) is 7.92. The smallest absolute Gasteiger partial charge is 0.251 e. The number of pyridine rings is 1. The van der Waals surface area contributed by atoms with Crippen molar-refractivity contribution in [3.05, 3.63) is 131 Å². The first-order valence-corrected chi connectivity index (χ1v) is 15.5. The van der Waals surface area contributed by atoms with Crippen LogP contribution in [0.3, 0.4) is 0 Å². The van der Waals surface area contributed by atoms with Crippen LogP contribution in [-0.2, 0) is 24.4 Å². The zero-order chi connectivity index (χ0) is 31.4. The van der Waals surface area contributed by atoms with Crippen molar-refractivity contribution in [1.82, 2.24) is 36.2 Å². The van der Waals surface area contributed by atoms with Crippen molar-refractivity contribution in [2.45, 2.75) is 58.4 Å². The third kappa shape index (κ3) is 8.84. The summed E-state index contributed by atoms with van der Waals surface area (Å²) in [7, 11) is 0. The van der Waals surface area contributed by atoms with Gasteiger partial charge in [-0.05, 0) is 78.9 Å². The van der Waals surface area contributed by atoms with Crippen molar-refractivity contribution >= 4 is 22.6 Å². The van der Waals surface area contributed by atoms with E-state index >= 15 is 0 Å². The average molecular weight is 604 g/mol. The molecule has 5 aromatic rings. The van der Waals surface area contributed by atoms with E-state index in [2.05, 4.69) is 54.4 Å². The van der Waals surface area contributed by atoms with Gasteiger partial charge in [-0.15, -0.1) is 0 Å². The molecule has 2 atom stereocenters. The number of benzene rings is 3. The predicted octanol–water partition coefficient (Wildman–Crippen LogP) is 5.10. The van der Waals surface area contributed by atoms with E-state index in [9.17, 15) is 9.59 Å². The first-order valence-electron chi connectivity index (χ1n) is 15.5. The Kier molecular flexibility index (Phi) is 11.0. The third-order valence-electron chi connectivity index (χ3n) is 7.92. The Bertz CT molecular complexity index is 1680. The molecular weight excluding hydrogens is 562 g/mol. The van der Waals surface area contributed by atoms with Crippen LogP contribution in [0.15, 0.2) is 97.5 Å². The summed E-state index contributed by atoms with van der Waals surface area (Å²) in [6.07, 6.45) is 6.50. The Balaban J connectivity index is 1.21. The molecule has 0 aliphatic heterocycles. The van der Waals surface area contributed by atoms with Crippen molar-refractivity contribution in [2.75, 3.05) is 6.54 Å². The van der Waals surface area contributed by atoms with Crippen molar-refractivity contribution < 1.29 is 9.59 Å². The number of rotatable bonds is 15. The standard InChI is InChI=1S/C36H41N7O2/c1-25-8-6-19-39-33(25)23-37-18-7-13-32(36(45)42-26(2)30-12-5-10-28-9-3-4-11-31(28)30)43-35(44)29-16-14-27(15-17-29)22-38-24-34-40-20-21-41-34/h3-6,8-12,14-17,19-21,26,32,37-38H,7,13,18,22-24H2,1-2H3,(H,40,41)(H,42,45)(H,43,44)/t26?,32-/m0/s1. The Morgan fingerprint density at radius 2 is 1.64 bits per heavy atom. The fraction of sp³-hybridized carbons (Fsp3) is 0.278. The van der Waals surface area contributed by atoms with Crippen LogP contribution in [-0.4, -0.2) is 39.4 Å². The molecule has 5 N–H and O–H groups in total. The number of aryl methyl sites for hydroxylation is 1. The summed E-state index contributed by atoms with van der Waals surface area (Å²) in [6.45, 7) is 6.63. The zero-order valence-corrected chi connectivity index (χ0v) is 25.8. The van der Waals surface area contributed by atoms with Gasteiger partial charge < -0.3 is 26.3 Å². The number of aromatic nitrogens is 3. The van der Waals surface area contributed by atoms with E-state index < -0.39 is 6.04 Å². The van der Waals surface area contributed by atoms with Gasteiger partial charge in [-0.2, -0.15) is 0 Å². The van der Waals surface area contributed by atoms with Crippen molar-refractivity contribution in [2.24, 2.45) is 0 Å². The monoisotopic (exact) mass is 603 g/mol. The zero-order valence-electron chi connectivity index (χ0n) is 25.8. The number of carbonyl (C=O) groups excluding carboxylic acids is 2. The van der Waals surface area contributed by atoms with E-state index in [0.717, 1.165) is 39.0 Å². The molecule has 9 nitrogen and oxygen atoms in total. The Morgan fingerprint density at radius 1 is 0.822 bits per heavy atom. The van der Waals surface area contributed by atoms with Crippen molar-refractivity contribution in [1.29, 1.82) is 0 Å². The van der Waals surface area contributed by atoms with Gasteiger partial charge in [0, 0.05) is 37.2 Å². The minimum absolute atomic E-state index is 0.205. The highest BCUT2D eigenvalue weighted by Gasteiger charge is 2.23. The van der Waals surface area contributed by atoms with Gasteiger partial charge in [-0.3, -0.25) is 14.6 Å². The molecule has 0 radical (unpaired) electrons. The lowest BCUT2D eigenvalue weighted by molar-refractivity contribution is -0.123. The maximum absolute atomic E-state index is 13.7. The van der Waals surface area contributed by atoms with Crippen LogP contribution in [0.2, 0.25) is 0 Å². The van der Waals surface area contributed by atoms with Crippen molar-refractivity contribution in [3.8, 4) is 0 Å². The lowest BCUT2D eigenvalue weighted by atomic mass is 9.99. The molecule has 2 heterocycles. The van der Waals surface area contributed by atoms with Gasteiger partial charge in [-0.1, -0.05) is 60.7 Å². The maximum Gasteiger partial charge on any atom is 0.251 e. The minimum atomic E-state index is -0.692. The number of nitrogens with one attached hydrogen (secondary N) is 5. The number of hydrogen-bond acceptors (Lipinski definition) is 6. The van der Waals surface area contributed by atoms with E-state index in [-0.39, 0.29) is 17.9 Å². The maximum atomic E-state index is 13.7. The summed E-state index contributed by atoms with van der Waals surface area (Å²) in [4.78, 5) is 38.7. The van der Waals surface area contributed by atoms with Crippen molar-refractivity contribution in [3.63, 3.8) is 0 Å². The van der Waals surface area contributed by atoms with Crippen LogP contribution in [0.4, 0.5) is 0 Å². The molecule has 1 unspecified atom stereocenters. The van der Waals surface area contributed by atoms with E-state index in [1.807, 2.05) is 62.4 Å². The second kappa shape index (κ2) is 15.7. The first-order chi connectivity index (χ1) is 22.0. The van der Waals surface area contributed by atoms with E-state index in [1.165, 1.54) is 0 Å². The van der Waals surface area contributed by atoms with Crippen LogP contribution < -0.4 is 21.3 Å². The number of carbonyl (C=O) groups is 2. The number of nitrogens with zero attached hydrogens (tertiary/aromatic N) is 2. The SMILES string of the molecule is Cc1cccnc1CNCCC[C@H](NC(=O)c1ccc(CNCc2ncc[nH]2)cc1)C(=O)NC(C)c1cccc2ccccc12. The molecule has 45 heavy (non-hydrogen) atoms. The largest absolute Gasteiger partial charge is 0.348 e. The molecule has 0 saturated heterocycles. The molecule has 2 aromatic heterocycles. The molecule has 0 bridgehead atoms. The molecule has 232 valence electrons. The number of imidazole rings is 1. The Morgan fingerprint density at radius 3 is 2.44 bits per heavy atom. The van der Waals surface area contributed by atoms with Gasteiger partial charge in [0.05, 0.1) is 18.3 Å². The van der Waals surface area contributed by atoms with Gasteiger partial charge in [0.25, 0.3) is 5.91 Å². The number of amides is 2. The summed E-state index contributed by atoms with van der Waals surface area (Å²) < 4.78 is 0. The molecule has 2 amide bonds. The normalized spacial score (nSPS) is 12.5. The first kappa shape index (κ1) is 31.6. The van der Waals surface area contributed by atoms with Gasteiger partial charge in [0.1, 0.15) is 11.9 Å². The quantitative estimate of drug-likeness (QED) is 0.106. The summed E-state index contributed by atoms with van der Waals surface area (Å²) >= 11 is 0. The van der Waals surface area contributed by atoms with Crippen LogP contribution in [0.5, 0.6) is 0 Å². The number of hydrogen-bond donors (Lipinski definition) is 5. The molecule has 9 heteroatoms. The van der Waals surface area contributed by atoms with Crippen LogP contribution in [0.1, 0.15) is 64.4 Å². The van der Waals surface area contributed by atoms with E-state index in [0.29, 0.717) is 44.6 Å². The summed E-state index contributed by atoms with van der Waals surface area (Å²) in [5.74, 6) is 0.385. The van der Waals surface area contributed by atoms with Gasteiger partial charge >= 0.3 is 0 Å². The molecule has 0 aliphatic carbocycles. The molecule has 3 aromatic carbocycles. The molecule has 0 fully saturated rings. The summed E-state index contributed by atoms with van der Waals surface area (Å²) in [5.41, 5.74) is 4.73. The van der Waals surface area contributed by atoms with Crippen LogP contribution in [0.25, 0.3) is 10.8 Å². The highest BCUT2D eigenvalue weighted by atomic mass is 16.2. The van der Waals surface area contributed by atoms with Gasteiger partial charge in [0.2, 0.25) is 5.91 Å². The number of aromatic amines is 1. The summed E-state index contributed by atoms with van der Waals surface area (Å²) in [6, 6.07) is 24.7. The molecule has 0 spiro atoms. The predicted molar refractivity (Wildman–Crippen MR) is 177 cm³/mol. The van der Waals surface area contributed by atoms with Crippen LogP contribution >= 0.6 is 0 Å². The Hall–Kier alpha value is -4.86. The van der Waals surface area contributed by atoms with Crippen LogP contribution in [0, 0.1) is 6.92 Å². The fourth-order valence-corrected chi connectivity index (χ4v) is 5.37. The highest BCUT2D eigenvalue weighted by molar-refractivity contribution is 5.97. The lowest BCUT2D eigenvalue weighted by Crippen LogP contribution is -2.47. The molecule has 0 aliphatic rings. The van der Waals surface area contributed by atoms with Gasteiger partial charge in [-0.25, -0.2) is 4.98 Å². The molecular formula is C36H41N7O2. The van der Waals surface area contributed by atoms with Gasteiger partial charge in [0.15, 0.2) is 0 Å². The topological polar surface area (TPSA) is 124 Å². The second-order valence-electron chi connectivity index (χ2n) is 11.2. The average Bonchev–Trinajstić information content (AvgIpc) is 3.58. The van der Waals surface area contributed by atoms with E-state index in [1.54, 1.807) is 30.7 Å². The molecule has 0 saturated carbocycles. The van der Waals surface area contributed by atoms with E-state index in [4.69, 9.17) is 0 Å². The lowest BCUT2D eigenvalue weighted by Gasteiger charge is -2.23. The Labute approximate surface area is 264 Å². The number of fused-ring (bicyclic) bond motifs is 1. The number of H-pyrrole nitrogens is 1. The minimum Gasteiger partial charge on any atom is -0.348 e.